The second-order valence-electron chi connectivity index (χ2n) is 18.2. The van der Waals surface area contributed by atoms with Gasteiger partial charge >= 0.3 is 0 Å². The summed E-state index contributed by atoms with van der Waals surface area (Å²) >= 11 is 3.95. The number of halogens is 1. The molecule has 0 spiro atoms. The molecule has 0 saturated carbocycles. The summed E-state index contributed by atoms with van der Waals surface area (Å²) in [5, 5.41) is 10.7. The topological polar surface area (TPSA) is 0 Å². The van der Waals surface area contributed by atoms with Crippen molar-refractivity contribution >= 4 is 71.2 Å². The molecule has 0 radical (unpaired) electrons. The van der Waals surface area contributed by atoms with E-state index in [4.69, 9.17) is 0 Å². The summed E-state index contributed by atoms with van der Waals surface area (Å²) in [7, 11) is 0. The lowest BCUT2D eigenvalue weighted by Gasteiger charge is -2.26. The smallest absolute Gasteiger partial charge is 0.0256 e. The Kier molecular flexibility index (Phi) is 8.31. The average Bonchev–Trinajstić information content (AvgIpc) is 2.97. The number of rotatable bonds is 2. The molecule has 6 aromatic rings. The molecule has 0 aromatic heterocycles. The Labute approximate surface area is 297 Å². The Morgan fingerprint density at radius 1 is 0.417 bits per heavy atom. The first-order chi connectivity index (χ1) is 22.2. The molecule has 0 heterocycles. The highest BCUT2D eigenvalue weighted by molar-refractivity contribution is 9.10. The van der Waals surface area contributed by atoms with E-state index < -0.39 is 0 Å². The number of hydrogen-bond acceptors (Lipinski definition) is 0. The minimum atomic E-state index is 0.000181. The van der Waals surface area contributed by atoms with Crippen molar-refractivity contribution in [3.63, 3.8) is 0 Å². The molecule has 0 nitrogen and oxygen atoms in total. The van der Waals surface area contributed by atoms with Crippen molar-refractivity contribution in [3.05, 3.63) is 116 Å². The lowest BCUT2D eigenvalue weighted by Crippen LogP contribution is -2.13. The number of fused-ring (bicyclic) bond motifs is 6. The van der Waals surface area contributed by atoms with E-state index >= 15 is 0 Å². The fourth-order valence-corrected chi connectivity index (χ4v) is 7.90. The van der Waals surface area contributed by atoms with Crippen LogP contribution < -0.4 is 0 Å². The highest BCUT2D eigenvalue weighted by Crippen LogP contribution is 2.43. The van der Waals surface area contributed by atoms with Crippen molar-refractivity contribution in [2.24, 2.45) is 0 Å². The molecule has 0 aliphatic carbocycles. The third kappa shape index (κ3) is 6.13. The molecular formula is C47H53Br. The molecule has 6 aromatic carbocycles. The molecule has 0 amide bonds. The standard InChI is InChI=1S/C47H53Br/c1-28-14-22-39(46(8,9)10)42-33(28)18-19-34-30(24-31(25-37(34)42)44(2,3)4)16-15-29-17-23-40(47(11,12)13)43-35(29)20-21-36-38(43)26-32(27-41(36)48)45(5,6)7/h14-27H,1-13H3/b16-15+. The quantitative estimate of drug-likeness (QED) is 0.125. The van der Waals surface area contributed by atoms with E-state index in [2.05, 4.69) is 191 Å². The maximum absolute atomic E-state index is 3.95. The van der Waals surface area contributed by atoms with Crippen molar-refractivity contribution < 1.29 is 0 Å². The van der Waals surface area contributed by atoms with Gasteiger partial charge in [0.15, 0.2) is 0 Å². The Hall–Kier alpha value is -3.42. The maximum atomic E-state index is 3.95. The fraction of sp³-hybridized carbons (Fsp3) is 0.362. The largest absolute Gasteiger partial charge is 0.0584 e. The Morgan fingerprint density at radius 3 is 1.46 bits per heavy atom. The highest BCUT2D eigenvalue weighted by Gasteiger charge is 2.24. The third-order valence-electron chi connectivity index (χ3n) is 10.2. The van der Waals surface area contributed by atoms with Gasteiger partial charge in [0.05, 0.1) is 0 Å². The zero-order valence-corrected chi connectivity index (χ0v) is 33.0. The molecular weight excluding hydrogens is 644 g/mol. The SMILES string of the molecule is Cc1ccc(C(C)(C)C)c2c1ccc1c(/C=C/c3ccc(C(C)(C)C)c4c3ccc3c(Br)cc(C(C)(C)C)cc34)cc(C(C)(C)C)cc12. The fourth-order valence-electron chi connectivity index (χ4n) is 7.31. The van der Waals surface area contributed by atoms with Gasteiger partial charge < -0.3 is 0 Å². The van der Waals surface area contributed by atoms with Crippen molar-refractivity contribution in [1.82, 2.24) is 0 Å². The molecule has 0 aliphatic rings. The van der Waals surface area contributed by atoms with Gasteiger partial charge in [-0.25, -0.2) is 0 Å². The second kappa shape index (κ2) is 11.6. The van der Waals surface area contributed by atoms with Gasteiger partial charge in [0.25, 0.3) is 0 Å². The molecule has 0 fully saturated rings. The molecule has 48 heavy (non-hydrogen) atoms. The lowest BCUT2D eigenvalue weighted by molar-refractivity contribution is 0.590. The molecule has 0 saturated heterocycles. The first-order valence-corrected chi connectivity index (χ1v) is 18.3. The second-order valence-corrected chi connectivity index (χ2v) is 19.0. The van der Waals surface area contributed by atoms with Gasteiger partial charge in [0, 0.05) is 4.47 Å². The minimum absolute atomic E-state index is 0.000181. The Morgan fingerprint density at radius 2 is 0.875 bits per heavy atom. The van der Waals surface area contributed by atoms with Crippen LogP contribution in [0.5, 0.6) is 0 Å². The molecule has 248 valence electrons. The van der Waals surface area contributed by atoms with E-state index in [0.717, 1.165) is 4.47 Å². The molecule has 0 aliphatic heterocycles. The molecule has 6 rings (SSSR count). The summed E-state index contributed by atoms with van der Waals surface area (Å²) in [6, 6.07) is 28.3. The minimum Gasteiger partial charge on any atom is -0.0584 e. The van der Waals surface area contributed by atoms with E-state index in [1.807, 2.05) is 0 Å². The number of benzene rings is 6. The van der Waals surface area contributed by atoms with Crippen LogP contribution in [0.25, 0.3) is 55.2 Å². The van der Waals surface area contributed by atoms with Gasteiger partial charge in [-0.1, -0.05) is 166 Å². The summed E-state index contributed by atoms with van der Waals surface area (Å²) in [6.45, 7) is 30.1. The van der Waals surface area contributed by atoms with Gasteiger partial charge in [-0.05, 0) is 129 Å². The third-order valence-corrected chi connectivity index (χ3v) is 10.9. The van der Waals surface area contributed by atoms with Crippen LogP contribution in [0, 0.1) is 6.92 Å². The first-order valence-electron chi connectivity index (χ1n) is 17.6. The van der Waals surface area contributed by atoms with Gasteiger partial charge in [-0.2, -0.15) is 0 Å². The predicted octanol–water partition coefficient (Wildman–Crippen LogP) is 14.7. The lowest BCUT2D eigenvalue weighted by atomic mass is 9.79. The molecule has 0 atom stereocenters. The van der Waals surface area contributed by atoms with Crippen LogP contribution in [-0.4, -0.2) is 0 Å². The van der Waals surface area contributed by atoms with Crippen LogP contribution in [-0.2, 0) is 21.7 Å². The van der Waals surface area contributed by atoms with Crippen molar-refractivity contribution in [1.29, 1.82) is 0 Å². The normalized spacial score (nSPS) is 13.5. The van der Waals surface area contributed by atoms with E-state index in [-0.39, 0.29) is 21.7 Å². The van der Waals surface area contributed by atoms with Gasteiger partial charge in [-0.3, -0.25) is 0 Å². The van der Waals surface area contributed by atoms with Crippen LogP contribution in [0.1, 0.15) is 122 Å². The monoisotopic (exact) mass is 696 g/mol. The highest BCUT2D eigenvalue weighted by atomic mass is 79.9. The molecule has 1 heteroatoms. The number of hydrogen-bond donors (Lipinski definition) is 0. The van der Waals surface area contributed by atoms with E-state index in [1.54, 1.807) is 0 Å². The van der Waals surface area contributed by atoms with E-state index in [0.29, 0.717) is 0 Å². The maximum Gasteiger partial charge on any atom is 0.0256 e. The number of aryl methyl sites for hydroxylation is 1. The Bertz CT molecular complexity index is 2270. The van der Waals surface area contributed by atoms with Crippen LogP contribution in [0.2, 0.25) is 0 Å². The summed E-state index contributed by atoms with van der Waals surface area (Å²) in [4.78, 5) is 0. The molecule has 0 bridgehead atoms. The van der Waals surface area contributed by atoms with Crippen molar-refractivity contribution in [3.8, 4) is 0 Å². The van der Waals surface area contributed by atoms with Crippen LogP contribution >= 0.6 is 15.9 Å². The average molecular weight is 698 g/mol. The summed E-state index contributed by atoms with van der Waals surface area (Å²) < 4.78 is 1.16. The molecule has 0 N–H and O–H groups in total. The zero-order valence-electron chi connectivity index (χ0n) is 31.5. The summed E-state index contributed by atoms with van der Waals surface area (Å²) in [5.41, 5.74) is 9.45. The summed E-state index contributed by atoms with van der Waals surface area (Å²) in [6.07, 6.45) is 4.72. The Balaban J connectivity index is 1.66. The predicted molar refractivity (Wildman–Crippen MR) is 219 cm³/mol. The van der Waals surface area contributed by atoms with Gasteiger partial charge in [-0.15, -0.1) is 0 Å². The van der Waals surface area contributed by atoms with Gasteiger partial charge in [0.1, 0.15) is 0 Å². The van der Waals surface area contributed by atoms with Crippen molar-refractivity contribution in [2.75, 3.05) is 0 Å². The van der Waals surface area contributed by atoms with E-state index in [1.165, 1.54) is 82.0 Å². The van der Waals surface area contributed by atoms with Crippen molar-refractivity contribution in [2.45, 2.75) is 112 Å². The van der Waals surface area contributed by atoms with Crippen LogP contribution in [0.3, 0.4) is 0 Å². The summed E-state index contributed by atoms with van der Waals surface area (Å²) in [5.74, 6) is 0. The van der Waals surface area contributed by atoms with Crippen LogP contribution in [0.4, 0.5) is 0 Å². The van der Waals surface area contributed by atoms with E-state index in [9.17, 15) is 0 Å². The van der Waals surface area contributed by atoms with Gasteiger partial charge in [0.2, 0.25) is 0 Å². The molecule has 0 unspecified atom stereocenters. The zero-order chi connectivity index (χ0) is 35.1. The first kappa shape index (κ1) is 34.4. The van der Waals surface area contributed by atoms with Crippen LogP contribution in [0.15, 0.2) is 77.3 Å².